The predicted molar refractivity (Wildman–Crippen MR) is 97.6 cm³/mol. The Labute approximate surface area is 154 Å². The lowest BCUT2D eigenvalue weighted by Gasteiger charge is -2.25. The normalized spacial score (nSPS) is 11.5. The summed E-state index contributed by atoms with van der Waals surface area (Å²) >= 11 is 0. The van der Waals surface area contributed by atoms with Crippen LogP contribution in [0.15, 0.2) is 30.3 Å². The van der Waals surface area contributed by atoms with E-state index >= 15 is 0 Å². The van der Waals surface area contributed by atoms with Gasteiger partial charge in [-0.3, -0.25) is 14.4 Å². The zero-order valence-electron chi connectivity index (χ0n) is 15.7. The third-order valence-corrected chi connectivity index (χ3v) is 3.82. The maximum absolute atomic E-state index is 12.5. The maximum atomic E-state index is 12.5. The highest BCUT2D eigenvalue weighted by Crippen LogP contribution is 2.05. The monoisotopic (exact) mass is 364 g/mol. The molecule has 0 unspecified atom stereocenters. The molecule has 0 aliphatic heterocycles. The minimum absolute atomic E-state index is 0.145. The van der Waals surface area contributed by atoms with Crippen molar-refractivity contribution in [2.24, 2.45) is 5.92 Å². The lowest BCUT2D eigenvalue weighted by molar-refractivity contribution is -0.146. The molecule has 0 aliphatic carbocycles. The van der Waals surface area contributed by atoms with E-state index in [-0.39, 0.29) is 37.3 Å². The summed E-state index contributed by atoms with van der Waals surface area (Å²) in [6.07, 6.45) is 0.151. The first-order valence-corrected chi connectivity index (χ1v) is 8.76. The fourth-order valence-electron chi connectivity index (χ4n) is 2.38. The predicted octanol–water partition coefficient (Wildman–Crippen LogP) is 1.48. The van der Waals surface area contributed by atoms with Crippen molar-refractivity contribution in [3.05, 3.63) is 35.9 Å². The summed E-state index contributed by atoms with van der Waals surface area (Å²) in [5, 5.41) is 2.73. The summed E-state index contributed by atoms with van der Waals surface area (Å²) in [5.74, 6) is -1.16. The molecule has 26 heavy (non-hydrogen) atoms. The van der Waals surface area contributed by atoms with Gasteiger partial charge in [-0.2, -0.15) is 0 Å². The number of amides is 2. The lowest BCUT2D eigenvalue weighted by Crippen LogP contribution is -2.40. The largest absolute Gasteiger partial charge is 0.469 e. The van der Waals surface area contributed by atoms with Gasteiger partial charge in [-0.25, -0.2) is 0 Å². The van der Waals surface area contributed by atoms with E-state index in [2.05, 4.69) is 5.32 Å². The van der Waals surface area contributed by atoms with E-state index in [1.807, 2.05) is 13.0 Å². The Morgan fingerprint density at radius 2 is 1.88 bits per heavy atom. The van der Waals surface area contributed by atoms with E-state index in [0.29, 0.717) is 25.3 Å². The van der Waals surface area contributed by atoms with Gasteiger partial charge in [-0.1, -0.05) is 25.1 Å². The Morgan fingerprint density at radius 3 is 2.50 bits per heavy atom. The molecule has 7 nitrogen and oxygen atoms in total. The van der Waals surface area contributed by atoms with Crippen molar-refractivity contribution >= 4 is 17.8 Å². The average molecular weight is 364 g/mol. The Hall–Kier alpha value is -2.41. The van der Waals surface area contributed by atoms with Gasteiger partial charge in [0.2, 0.25) is 5.91 Å². The second kappa shape index (κ2) is 12.0. The molecule has 0 aromatic heterocycles. The van der Waals surface area contributed by atoms with E-state index in [1.165, 1.54) is 7.11 Å². The Morgan fingerprint density at radius 1 is 1.19 bits per heavy atom. The smallest absolute Gasteiger partial charge is 0.310 e. The van der Waals surface area contributed by atoms with Gasteiger partial charge < -0.3 is 19.7 Å². The fourth-order valence-corrected chi connectivity index (χ4v) is 2.38. The molecule has 0 spiro atoms. The highest BCUT2D eigenvalue weighted by atomic mass is 16.5. The van der Waals surface area contributed by atoms with Crippen LogP contribution in [0.2, 0.25) is 0 Å². The molecule has 0 saturated carbocycles. The second-order valence-corrected chi connectivity index (χ2v) is 5.83. The highest BCUT2D eigenvalue weighted by Gasteiger charge is 2.21. The van der Waals surface area contributed by atoms with Gasteiger partial charge in [0, 0.05) is 38.2 Å². The molecule has 1 aromatic carbocycles. The molecule has 0 fully saturated rings. The van der Waals surface area contributed by atoms with Gasteiger partial charge in [-0.15, -0.1) is 0 Å². The molecule has 0 aliphatic rings. The summed E-state index contributed by atoms with van der Waals surface area (Å²) in [4.78, 5) is 37.7. The first kappa shape index (κ1) is 21.6. The van der Waals surface area contributed by atoms with Crippen LogP contribution in [0.5, 0.6) is 0 Å². The molecule has 144 valence electrons. The summed E-state index contributed by atoms with van der Waals surface area (Å²) in [6, 6.07) is 8.82. The minimum Gasteiger partial charge on any atom is -0.469 e. The first-order valence-electron chi connectivity index (χ1n) is 8.76. The van der Waals surface area contributed by atoms with Crippen molar-refractivity contribution < 1.29 is 23.9 Å². The summed E-state index contributed by atoms with van der Waals surface area (Å²) in [7, 11) is 1.32. The number of nitrogens with one attached hydrogen (secondary N) is 1. The average Bonchev–Trinajstić information content (AvgIpc) is 2.66. The minimum atomic E-state index is -0.426. The number of ether oxygens (including phenoxy) is 2. The van der Waals surface area contributed by atoms with Gasteiger partial charge in [0.25, 0.3) is 5.91 Å². The van der Waals surface area contributed by atoms with Crippen LogP contribution in [0, 0.1) is 5.92 Å². The third kappa shape index (κ3) is 7.65. The van der Waals surface area contributed by atoms with E-state index in [0.717, 1.165) is 0 Å². The Bertz CT molecular complexity index is 577. The van der Waals surface area contributed by atoms with Crippen LogP contribution in [-0.4, -0.2) is 62.6 Å². The topological polar surface area (TPSA) is 84.9 Å². The van der Waals surface area contributed by atoms with Crippen LogP contribution in [0.3, 0.4) is 0 Å². The van der Waals surface area contributed by atoms with Crippen molar-refractivity contribution in [2.45, 2.75) is 20.3 Å². The van der Waals surface area contributed by atoms with Crippen molar-refractivity contribution in [1.29, 1.82) is 0 Å². The molecule has 7 heteroatoms. The molecule has 1 rings (SSSR count). The maximum Gasteiger partial charge on any atom is 0.310 e. The van der Waals surface area contributed by atoms with Gasteiger partial charge in [0.15, 0.2) is 0 Å². The van der Waals surface area contributed by atoms with Gasteiger partial charge in [0.1, 0.15) is 0 Å². The number of carbonyl (C=O) groups excluding carboxylic acids is 3. The molecule has 0 heterocycles. The lowest BCUT2D eigenvalue weighted by atomic mass is 10.1. The molecule has 1 aromatic rings. The standard InChI is InChI=1S/C19H28N2O5/c1-4-26-13-12-21(14-15(2)19(24)25-3)17(22)10-11-20-18(23)16-8-6-5-7-9-16/h5-9,15H,4,10-14H2,1-3H3,(H,20,23)/t15-/m1/s1. The number of benzene rings is 1. The fraction of sp³-hybridized carbons (Fsp3) is 0.526. The summed E-state index contributed by atoms with van der Waals surface area (Å²) in [5.41, 5.74) is 0.549. The molecule has 1 N–H and O–H groups in total. The van der Waals surface area contributed by atoms with Crippen molar-refractivity contribution in [2.75, 3.05) is 40.0 Å². The third-order valence-electron chi connectivity index (χ3n) is 3.82. The molecule has 1 atom stereocenters. The van der Waals surface area contributed by atoms with E-state index in [1.54, 1.807) is 36.1 Å². The number of carbonyl (C=O) groups is 3. The van der Waals surface area contributed by atoms with Crippen LogP contribution >= 0.6 is 0 Å². The van der Waals surface area contributed by atoms with Crippen molar-refractivity contribution in [3.8, 4) is 0 Å². The van der Waals surface area contributed by atoms with Crippen molar-refractivity contribution in [3.63, 3.8) is 0 Å². The second-order valence-electron chi connectivity index (χ2n) is 5.83. The molecule has 0 radical (unpaired) electrons. The molecule has 0 saturated heterocycles. The van der Waals surface area contributed by atoms with Gasteiger partial charge >= 0.3 is 5.97 Å². The van der Waals surface area contributed by atoms with Crippen molar-refractivity contribution in [1.82, 2.24) is 10.2 Å². The van der Waals surface area contributed by atoms with Crippen LogP contribution in [-0.2, 0) is 19.1 Å². The van der Waals surface area contributed by atoms with E-state index in [9.17, 15) is 14.4 Å². The van der Waals surface area contributed by atoms with Gasteiger partial charge in [0.05, 0.1) is 19.6 Å². The number of rotatable bonds is 11. The van der Waals surface area contributed by atoms with Crippen LogP contribution < -0.4 is 5.32 Å². The number of methoxy groups -OCH3 is 1. The highest BCUT2D eigenvalue weighted by molar-refractivity contribution is 5.94. The van der Waals surface area contributed by atoms with Crippen LogP contribution in [0.25, 0.3) is 0 Å². The molecular formula is C19H28N2O5. The molecule has 0 bridgehead atoms. The Balaban J connectivity index is 2.52. The summed E-state index contributed by atoms with van der Waals surface area (Å²) in [6.45, 7) is 5.41. The quantitative estimate of drug-likeness (QED) is 0.475. The number of nitrogens with zero attached hydrogens (tertiary/aromatic N) is 1. The molecular weight excluding hydrogens is 336 g/mol. The van der Waals surface area contributed by atoms with E-state index in [4.69, 9.17) is 9.47 Å². The number of esters is 1. The number of hydrogen-bond donors (Lipinski definition) is 1. The Kier molecular flexibility index (Phi) is 10.0. The van der Waals surface area contributed by atoms with Gasteiger partial charge in [-0.05, 0) is 19.1 Å². The zero-order chi connectivity index (χ0) is 19.4. The summed E-state index contributed by atoms with van der Waals surface area (Å²) < 4.78 is 10.0. The first-order chi connectivity index (χ1) is 12.5. The molecule has 2 amide bonds. The SMILES string of the molecule is CCOCCN(C[C@@H](C)C(=O)OC)C(=O)CCNC(=O)c1ccccc1. The van der Waals surface area contributed by atoms with Crippen LogP contribution in [0.1, 0.15) is 30.6 Å². The van der Waals surface area contributed by atoms with Crippen LogP contribution in [0.4, 0.5) is 0 Å². The van der Waals surface area contributed by atoms with E-state index < -0.39 is 5.92 Å². The zero-order valence-corrected chi connectivity index (χ0v) is 15.7. The number of hydrogen-bond acceptors (Lipinski definition) is 5.